The highest BCUT2D eigenvalue weighted by molar-refractivity contribution is 9.10. The minimum absolute atomic E-state index is 0.0112. The summed E-state index contributed by atoms with van der Waals surface area (Å²) in [4.78, 5) is 23.8. The third-order valence-electron chi connectivity index (χ3n) is 2.52. The van der Waals surface area contributed by atoms with E-state index in [1.54, 1.807) is 6.07 Å². The topological polar surface area (TPSA) is 58.2 Å². The molecule has 0 aromatic heterocycles. The van der Waals surface area contributed by atoms with Gasteiger partial charge in [0, 0.05) is 10.6 Å². The van der Waals surface area contributed by atoms with Crippen LogP contribution in [0.25, 0.3) is 0 Å². The van der Waals surface area contributed by atoms with Gasteiger partial charge in [0.15, 0.2) is 0 Å². The predicted molar refractivity (Wildman–Crippen MR) is 77.4 cm³/mol. The highest BCUT2D eigenvalue weighted by atomic mass is 79.9. The van der Waals surface area contributed by atoms with E-state index in [1.165, 1.54) is 11.8 Å². The van der Waals surface area contributed by atoms with Crippen LogP contribution in [0.3, 0.4) is 0 Å². The van der Waals surface area contributed by atoms with Crippen LogP contribution in [0.2, 0.25) is 0 Å². The van der Waals surface area contributed by atoms with Crippen molar-refractivity contribution in [1.82, 2.24) is 0 Å². The molecule has 0 bridgehead atoms. The van der Waals surface area contributed by atoms with E-state index in [1.807, 2.05) is 19.1 Å². The maximum Gasteiger partial charge on any atom is 0.238 e. The fourth-order valence-electron chi connectivity index (χ4n) is 1.57. The summed E-state index contributed by atoms with van der Waals surface area (Å²) in [7, 11) is 0. The van der Waals surface area contributed by atoms with Crippen molar-refractivity contribution in [1.29, 1.82) is 0 Å². The summed E-state index contributed by atoms with van der Waals surface area (Å²) in [5.74, 6) is 0.355. The minimum Gasteiger partial charge on any atom is -0.325 e. The van der Waals surface area contributed by atoms with Gasteiger partial charge in [-0.2, -0.15) is 0 Å². The molecule has 1 heterocycles. The van der Waals surface area contributed by atoms with Gasteiger partial charge in [-0.25, -0.2) is 0 Å². The molecule has 18 heavy (non-hydrogen) atoms. The summed E-state index contributed by atoms with van der Waals surface area (Å²) >= 11 is 4.80. The molecule has 0 saturated heterocycles. The average Bonchev–Trinajstić information content (AvgIpc) is 2.37. The van der Waals surface area contributed by atoms with Crippen molar-refractivity contribution < 1.29 is 9.59 Å². The maximum atomic E-state index is 11.7. The van der Waals surface area contributed by atoms with Crippen molar-refractivity contribution in [2.45, 2.75) is 23.1 Å². The van der Waals surface area contributed by atoms with Crippen molar-refractivity contribution in [3.8, 4) is 0 Å². The Morgan fingerprint density at radius 2 is 2.39 bits per heavy atom. The molecule has 0 radical (unpaired) electrons. The van der Waals surface area contributed by atoms with E-state index in [2.05, 4.69) is 26.6 Å². The monoisotopic (exact) mass is 328 g/mol. The Morgan fingerprint density at radius 3 is 3.11 bits per heavy atom. The molecule has 6 heteroatoms. The molecule has 1 unspecified atom stereocenters. The van der Waals surface area contributed by atoms with Crippen LogP contribution in [-0.2, 0) is 9.59 Å². The zero-order valence-electron chi connectivity index (χ0n) is 9.83. The zero-order chi connectivity index (χ0) is 13.1. The number of carbonyl (C=O) groups excluding carboxylic acids is 2. The fourth-order valence-corrected chi connectivity index (χ4v) is 2.47. The summed E-state index contributed by atoms with van der Waals surface area (Å²) in [5, 5.41) is 5.61. The van der Waals surface area contributed by atoms with Gasteiger partial charge in [-0.15, -0.1) is 11.8 Å². The first kappa shape index (κ1) is 13.4. The van der Waals surface area contributed by atoms with Gasteiger partial charge < -0.3 is 10.6 Å². The van der Waals surface area contributed by atoms with Gasteiger partial charge in [-0.3, -0.25) is 9.59 Å². The number of hydrogen-bond donors (Lipinski definition) is 2. The number of thioether (sulfide) groups is 1. The van der Waals surface area contributed by atoms with Crippen LogP contribution in [0.5, 0.6) is 0 Å². The number of alkyl halides is 1. The highest BCUT2D eigenvalue weighted by Gasteiger charge is 2.17. The van der Waals surface area contributed by atoms with E-state index in [4.69, 9.17) is 0 Å². The van der Waals surface area contributed by atoms with Gasteiger partial charge in [0.2, 0.25) is 11.8 Å². The van der Waals surface area contributed by atoms with Crippen LogP contribution >= 0.6 is 27.7 Å². The Hall–Kier alpha value is -1.01. The van der Waals surface area contributed by atoms with Crippen molar-refractivity contribution in [2.24, 2.45) is 0 Å². The number of carbonyl (C=O) groups is 2. The number of amides is 2. The molecular weight excluding hydrogens is 316 g/mol. The number of fused-ring (bicyclic) bond motifs is 1. The Balaban J connectivity index is 2.13. The number of halogens is 1. The van der Waals surface area contributed by atoms with Gasteiger partial charge in [-0.1, -0.05) is 22.9 Å². The molecule has 2 rings (SSSR count). The predicted octanol–water partition coefficient (Wildman–Crippen LogP) is 2.84. The lowest BCUT2D eigenvalue weighted by Gasteiger charge is -2.17. The summed E-state index contributed by atoms with van der Waals surface area (Å²) in [6.07, 6.45) is 0.726. The first-order valence-electron chi connectivity index (χ1n) is 5.61. The lowest BCUT2D eigenvalue weighted by molar-refractivity contribution is -0.115. The van der Waals surface area contributed by atoms with Crippen molar-refractivity contribution in [3.05, 3.63) is 18.2 Å². The van der Waals surface area contributed by atoms with E-state index >= 15 is 0 Å². The Morgan fingerprint density at radius 1 is 1.61 bits per heavy atom. The fraction of sp³-hybridized carbons (Fsp3) is 0.333. The standard InChI is InChI=1S/C12H13BrN2O2S/c1-2-8(13)12(17)14-7-3-4-10-9(5-7)15-11(16)6-18-10/h3-5,8H,2,6H2,1H3,(H,14,17)(H,15,16). The second-order valence-corrected chi connectivity index (χ2v) is 6.04. The Labute approximate surface area is 118 Å². The van der Waals surface area contributed by atoms with Crippen LogP contribution in [0.1, 0.15) is 13.3 Å². The molecule has 0 aliphatic carbocycles. The van der Waals surface area contributed by atoms with E-state index in [9.17, 15) is 9.59 Å². The molecule has 4 nitrogen and oxygen atoms in total. The second-order valence-electron chi connectivity index (χ2n) is 3.91. The molecule has 96 valence electrons. The number of hydrogen-bond acceptors (Lipinski definition) is 3. The van der Waals surface area contributed by atoms with Crippen LogP contribution in [0, 0.1) is 0 Å². The molecule has 1 aliphatic rings. The highest BCUT2D eigenvalue weighted by Crippen LogP contribution is 2.33. The molecule has 1 aromatic carbocycles. The number of rotatable bonds is 3. The van der Waals surface area contributed by atoms with E-state index in [0.717, 1.165) is 17.0 Å². The van der Waals surface area contributed by atoms with Gasteiger partial charge in [-0.05, 0) is 24.6 Å². The zero-order valence-corrected chi connectivity index (χ0v) is 12.2. The molecule has 1 aromatic rings. The van der Waals surface area contributed by atoms with E-state index in [0.29, 0.717) is 11.4 Å². The van der Waals surface area contributed by atoms with Crippen LogP contribution in [0.4, 0.5) is 11.4 Å². The summed E-state index contributed by atoms with van der Waals surface area (Å²) in [5.41, 5.74) is 1.45. The summed E-state index contributed by atoms with van der Waals surface area (Å²) in [6.45, 7) is 1.93. The molecule has 2 amide bonds. The summed E-state index contributed by atoms with van der Waals surface area (Å²) < 4.78 is 0. The quantitative estimate of drug-likeness (QED) is 0.839. The van der Waals surface area contributed by atoms with Gasteiger partial charge >= 0.3 is 0 Å². The Bertz CT molecular complexity index is 493. The normalized spacial score (nSPS) is 15.6. The number of benzene rings is 1. The summed E-state index contributed by atoms with van der Waals surface area (Å²) in [6, 6.07) is 5.54. The molecule has 0 saturated carbocycles. The molecule has 2 N–H and O–H groups in total. The lowest BCUT2D eigenvalue weighted by atomic mass is 10.2. The smallest absolute Gasteiger partial charge is 0.238 e. The third kappa shape index (κ3) is 3.05. The molecular formula is C12H13BrN2O2S. The molecule has 0 spiro atoms. The van der Waals surface area contributed by atoms with Gasteiger partial charge in [0.05, 0.1) is 16.3 Å². The minimum atomic E-state index is -0.197. The van der Waals surface area contributed by atoms with Crippen LogP contribution in [-0.4, -0.2) is 22.4 Å². The first-order valence-corrected chi connectivity index (χ1v) is 7.52. The first-order chi connectivity index (χ1) is 8.60. The number of anilines is 2. The Kier molecular flexibility index (Phi) is 4.29. The van der Waals surface area contributed by atoms with E-state index < -0.39 is 0 Å². The van der Waals surface area contributed by atoms with Crippen LogP contribution in [0.15, 0.2) is 23.1 Å². The maximum absolute atomic E-state index is 11.7. The van der Waals surface area contributed by atoms with Gasteiger partial charge in [0.25, 0.3) is 0 Å². The SMILES string of the molecule is CCC(Br)C(=O)Nc1ccc2c(c1)NC(=O)CS2. The molecule has 0 fully saturated rings. The van der Waals surface area contributed by atoms with E-state index in [-0.39, 0.29) is 16.6 Å². The molecule has 1 atom stereocenters. The largest absolute Gasteiger partial charge is 0.325 e. The average molecular weight is 329 g/mol. The van der Waals surface area contributed by atoms with Crippen molar-refractivity contribution in [3.63, 3.8) is 0 Å². The number of nitrogens with one attached hydrogen (secondary N) is 2. The van der Waals surface area contributed by atoms with Gasteiger partial charge in [0.1, 0.15) is 0 Å². The molecule has 1 aliphatic heterocycles. The van der Waals surface area contributed by atoms with Crippen molar-refractivity contribution in [2.75, 3.05) is 16.4 Å². The van der Waals surface area contributed by atoms with Crippen molar-refractivity contribution >= 4 is 50.9 Å². The second kappa shape index (κ2) is 5.75. The van der Waals surface area contributed by atoms with Crippen LogP contribution < -0.4 is 10.6 Å². The third-order valence-corrected chi connectivity index (χ3v) is 4.66. The lowest BCUT2D eigenvalue weighted by Crippen LogP contribution is -2.23.